The molecule has 0 saturated carbocycles. The van der Waals surface area contributed by atoms with Crippen molar-refractivity contribution in [3.05, 3.63) is 48.0 Å². The van der Waals surface area contributed by atoms with Crippen molar-refractivity contribution in [3.63, 3.8) is 0 Å². The van der Waals surface area contributed by atoms with Crippen molar-refractivity contribution < 1.29 is 4.79 Å². The fourth-order valence-corrected chi connectivity index (χ4v) is 2.15. The molecule has 3 rings (SSSR count). The molecule has 0 bridgehead atoms. The molecule has 0 aliphatic rings. The average Bonchev–Trinajstić information content (AvgIpc) is 2.87. The molecule has 1 aromatic heterocycles. The van der Waals surface area contributed by atoms with Crippen molar-refractivity contribution in [2.24, 2.45) is 0 Å². The number of amides is 1. The molecule has 0 aliphatic heterocycles. The topological polar surface area (TPSA) is 93.6 Å². The van der Waals surface area contributed by atoms with E-state index in [0.29, 0.717) is 17.2 Å². The number of aromatic amines is 1. The normalized spacial score (nSPS) is 10.2. The summed E-state index contributed by atoms with van der Waals surface area (Å²) in [5, 5.41) is 14.8. The first-order valence-electron chi connectivity index (χ1n) is 6.68. The van der Waals surface area contributed by atoms with Crippen LogP contribution in [0.5, 0.6) is 0 Å². The number of carbonyl (C=O) groups is 1. The van der Waals surface area contributed by atoms with Crippen LogP contribution in [0, 0.1) is 11.3 Å². The maximum absolute atomic E-state index is 11.1. The first-order valence-corrected chi connectivity index (χ1v) is 6.68. The zero-order chi connectivity index (χ0) is 15.5. The Morgan fingerprint density at radius 1 is 1.23 bits per heavy atom. The van der Waals surface area contributed by atoms with E-state index in [1.54, 1.807) is 18.2 Å². The maximum Gasteiger partial charge on any atom is 0.221 e. The fraction of sp³-hybridized carbons (Fsp3) is 0.0625. The summed E-state index contributed by atoms with van der Waals surface area (Å²) < 4.78 is 0. The minimum atomic E-state index is -0.120. The van der Waals surface area contributed by atoms with Gasteiger partial charge in [0.05, 0.1) is 22.7 Å². The predicted molar refractivity (Wildman–Crippen MR) is 84.8 cm³/mol. The first-order chi connectivity index (χ1) is 10.6. The first kappa shape index (κ1) is 13.6. The number of anilines is 3. The maximum atomic E-state index is 11.1. The highest BCUT2D eigenvalue weighted by molar-refractivity contribution is 5.89. The van der Waals surface area contributed by atoms with Gasteiger partial charge in [-0.05, 0) is 36.4 Å². The van der Waals surface area contributed by atoms with Gasteiger partial charge in [-0.3, -0.25) is 4.79 Å². The van der Waals surface area contributed by atoms with Crippen LogP contribution in [0.1, 0.15) is 12.5 Å². The molecule has 0 atom stereocenters. The highest BCUT2D eigenvalue weighted by atomic mass is 16.1. The van der Waals surface area contributed by atoms with Crippen LogP contribution >= 0.6 is 0 Å². The quantitative estimate of drug-likeness (QED) is 0.691. The lowest BCUT2D eigenvalue weighted by molar-refractivity contribution is -0.114. The number of fused-ring (bicyclic) bond motifs is 1. The van der Waals surface area contributed by atoms with Gasteiger partial charge < -0.3 is 15.6 Å². The van der Waals surface area contributed by atoms with Crippen molar-refractivity contribution in [1.29, 1.82) is 5.26 Å². The molecule has 0 aliphatic carbocycles. The van der Waals surface area contributed by atoms with Crippen molar-refractivity contribution in [2.45, 2.75) is 6.92 Å². The molecule has 0 saturated heterocycles. The Hall–Kier alpha value is -3.33. The summed E-state index contributed by atoms with van der Waals surface area (Å²) in [5.74, 6) is 0.454. The van der Waals surface area contributed by atoms with Gasteiger partial charge in [0.25, 0.3) is 0 Å². The number of carbonyl (C=O) groups excluding carboxylic acids is 1. The molecule has 0 spiro atoms. The number of nitriles is 1. The molecule has 6 heteroatoms. The predicted octanol–water partition coefficient (Wildman–Crippen LogP) is 3.14. The number of hydrogen-bond donors (Lipinski definition) is 3. The molecule has 2 aromatic carbocycles. The van der Waals surface area contributed by atoms with Gasteiger partial charge in [-0.1, -0.05) is 6.07 Å². The Kier molecular flexibility index (Phi) is 3.46. The van der Waals surface area contributed by atoms with Crippen LogP contribution in [0.2, 0.25) is 0 Å². The van der Waals surface area contributed by atoms with Crippen molar-refractivity contribution in [3.8, 4) is 6.07 Å². The van der Waals surface area contributed by atoms with Gasteiger partial charge in [0.2, 0.25) is 11.9 Å². The van der Waals surface area contributed by atoms with E-state index in [1.807, 2.05) is 24.3 Å². The van der Waals surface area contributed by atoms with Gasteiger partial charge in [0, 0.05) is 18.3 Å². The number of imidazole rings is 1. The Morgan fingerprint density at radius 2 is 2.05 bits per heavy atom. The van der Waals surface area contributed by atoms with Gasteiger partial charge in [-0.2, -0.15) is 5.26 Å². The smallest absolute Gasteiger partial charge is 0.221 e. The van der Waals surface area contributed by atoms with Gasteiger partial charge in [0.15, 0.2) is 0 Å². The molecule has 1 amide bonds. The average molecular weight is 291 g/mol. The highest BCUT2D eigenvalue weighted by Gasteiger charge is 2.05. The summed E-state index contributed by atoms with van der Waals surface area (Å²) in [6.45, 7) is 1.46. The lowest BCUT2D eigenvalue weighted by atomic mass is 10.2. The van der Waals surface area contributed by atoms with E-state index in [2.05, 4.69) is 26.7 Å². The van der Waals surface area contributed by atoms with E-state index in [4.69, 9.17) is 5.26 Å². The summed E-state index contributed by atoms with van der Waals surface area (Å²) in [5.41, 5.74) is 3.65. The summed E-state index contributed by atoms with van der Waals surface area (Å²) in [4.78, 5) is 18.6. The third-order valence-corrected chi connectivity index (χ3v) is 3.06. The van der Waals surface area contributed by atoms with Gasteiger partial charge in [-0.25, -0.2) is 4.98 Å². The Labute approximate surface area is 126 Å². The summed E-state index contributed by atoms with van der Waals surface area (Å²) in [6.07, 6.45) is 0. The van der Waals surface area contributed by atoms with E-state index in [-0.39, 0.29) is 5.91 Å². The van der Waals surface area contributed by atoms with Crippen molar-refractivity contribution in [1.82, 2.24) is 9.97 Å². The minimum Gasteiger partial charge on any atom is -0.326 e. The number of aromatic nitrogens is 2. The largest absolute Gasteiger partial charge is 0.326 e. The van der Waals surface area contributed by atoms with Crippen LogP contribution in [0.3, 0.4) is 0 Å². The second-order valence-electron chi connectivity index (χ2n) is 4.82. The third kappa shape index (κ3) is 2.88. The Morgan fingerprint density at radius 3 is 2.82 bits per heavy atom. The molecular weight excluding hydrogens is 278 g/mol. The second kappa shape index (κ2) is 5.58. The van der Waals surface area contributed by atoms with Crippen LogP contribution in [0.25, 0.3) is 11.0 Å². The molecule has 1 heterocycles. The number of rotatable bonds is 3. The molecule has 22 heavy (non-hydrogen) atoms. The molecule has 3 N–H and O–H groups in total. The standard InChI is InChI=1S/C16H13N5O/c1-10(22)18-12-3-2-4-13(8-12)19-16-20-14-6-5-11(9-17)7-15(14)21-16/h2-8H,1H3,(H,18,22)(H2,19,20,21). The number of benzene rings is 2. The van der Waals surface area contributed by atoms with E-state index in [0.717, 1.165) is 16.7 Å². The Balaban J connectivity index is 1.86. The Bertz CT molecular complexity index is 891. The van der Waals surface area contributed by atoms with E-state index >= 15 is 0 Å². The van der Waals surface area contributed by atoms with Crippen LogP contribution in [0.15, 0.2) is 42.5 Å². The van der Waals surface area contributed by atoms with Crippen LogP contribution in [0.4, 0.5) is 17.3 Å². The summed E-state index contributed by atoms with van der Waals surface area (Å²) in [6, 6.07) is 14.7. The fourth-order valence-electron chi connectivity index (χ4n) is 2.15. The summed E-state index contributed by atoms with van der Waals surface area (Å²) >= 11 is 0. The molecule has 0 fully saturated rings. The number of nitrogens with one attached hydrogen (secondary N) is 3. The monoisotopic (exact) mass is 291 g/mol. The zero-order valence-electron chi connectivity index (χ0n) is 11.8. The minimum absolute atomic E-state index is 0.120. The van der Waals surface area contributed by atoms with Gasteiger partial charge >= 0.3 is 0 Å². The number of H-pyrrole nitrogens is 1. The number of hydrogen-bond acceptors (Lipinski definition) is 4. The lowest BCUT2D eigenvalue weighted by Crippen LogP contribution is -2.05. The zero-order valence-corrected chi connectivity index (χ0v) is 11.8. The van der Waals surface area contributed by atoms with Gasteiger partial charge in [-0.15, -0.1) is 0 Å². The van der Waals surface area contributed by atoms with E-state index in [1.165, 1.54) is 6.92 Å². The molecular formula is C16H13N5O. The highest BCUT2D eigenvalue weighted by Crippen LogP contribution is 2.21. The molecule has 0 radical (unpaired) electrons. The second-order valence-corrected chi connectivity index (χ2v) is 4.82. The van der Waals surface area contributed by atoms with Crippen LogP contribution < -0.4 is 10.6 Å². The van der Waals surface area contributed by atoms with Crippen molar-refractivity contribution in [2.75, 3.05) is 10.6 Å². The van der Waals surface area contributed by atoms with Crippen molar-refractivity contribution >= 4 is 34.3 Å². The van der Waals surface area contributed by atoms with E-state index in [9.17, 15) is 4.79 Å². The molecule has 108 valence electrons. The SMILES string of the molecule is CC(=O)Nc1cccc(Nc2nc3ccc(C#N)cc3[nH]2)c1. The molecule has 6 nitrogen and oxygen atoms in total. The third-order valence-electron chi connectivity index (χ3n) is 3.06. The van der Waals surface area contributed by atoms with Crippen LogP contribution in [-0.2, 0) is 4.79 Å². The molecule has 3 aromatic rings. The van der Waals surface area contributed by atoms with E-state index < -0.39 is 0 Å². The van der Waals surface area contributed by atoms with Crippen LogP contribution in [-0.4, -0.2) is 15.9 Å². The molecule has 0 unspecified atom stereocenters. The van der Waals surface area contributed by atoms with Gasteiger partial charge in [0.1, 0.15) is 0 Å². The number of nitrogens with zero attached hydrogens (tertiary/aromatic N) is 2. The summed E-state index contributed by atoms with van der Waals surface area (Å²) in [7, 11) is 0. The lowest BCUT2D eigenvalue weighted by Gasteiger charge is -2.06.